The molecule has 0 aliphatic carbocycles. The number of rotatable bonds is 7. The predicted octanol–water partition coefficient (Wildman–Crippen LogP) is 3.04. The van der Waals surface area contributed by atoms with Crippen LogP contribution >= 0.6 is 11.6 Å². The first-order chi connectivity index (χ1) is 11.8. The lowest BCUT2D eigenvalue weighted by Gasteiger charge is -2.25. The van der Waals surface area contributed by atoms with Crippen LogP contribution in [0.3, 0.4) is 0 Å². The summed E-state index contributed by atoms with van der Waals surface area (Å²) in [5, 5.41) is 3.82. The highest BCUT2D eigenvalue weighted by molar-refractivity contribution is 6.30. The van der Waals surface area contributed by atoms with Gasteiger partial charge in [0.2, 0.25) is 0 Å². The summed E-state index contributed by atoms with van der Waals surface area (Å²) in [5.74, 6) is 0.839. The zero-order chi connectivity index (χ0) is 16.8. The maximum atomic E-state index is 6.34. The van der Waals surface area contributed by atoms with Crippen molar-refractivity contribution in [3.8, 4) is 0 Å². The van der Waals surface area contributed by atoms with E-state index >= 15 is 0 Å². The van der Waals surface area contributed by atoms with Crippen molar-refractivity contribution in [2.45, 2.75) is 32.0 Å². The molecule has 0 spiro atoms. The second-order valence-electron chi connectivity index (χ2n) is 6.00. The molecule has 1 unspecified atom stereocenters. The smallest absolute Gasteiger partial charge is 0.154 e. The Labute approximate surface area is 148 Å². The van der Waals surface area contributed by atoms with Gasteiger partial charge in [0.25, 0.3) is 0 Å². The zero-order valence-corrected chi connectivity index (χ0v) is 14.7. The molecule has 1 aromatic carbocycles. The third-order valence-corrected chi connectivity index (χ3v) is 4.58. The van der Waals surface area contributed by atoms with Crippen LogP contribution in [0.5, 0.6) is 0 Å². The van der Waals surface area contributed by atoms with Gasteiger partial charge in [0, 0.05) is 26.7 Å². The standard InChI is InChI=1S/C18H23ClN4O/c1-24-13-15-8-5-9-23(15)17-12-21-16(18(19)22-17)11-20-10-14-6-3-2-4-7-14/h2-4,6-7,12,15,20H,5,8-11,13H2,1H3. The number of anilines is 1. The summed E-state index contributed by atoms with van der Waals surface area (Å²) in [6, 6.07) is 10.6. The van der Waals surface area contributed by atoms with E-state index in [1.165, 1.54) is 5.56 Å². The largest absolute Gasteiger partial charge is 0.383 e. The van der Waals surface area contributed by atoms with E-state index in [9.17, 15) is 0 Å². The highest BCUT2D eigenvalue weighted by Gasteiger charge is 2.26. The maximum absolute atomic E-state index is 6.34. The molecular formula is C18H23ClN4O. The number of halogens is 1. The fraction of sp³-hybridized carbons (Fsp3) is 0.444. The average molecular weight is 347 g/mol. The fourth-order valence-electron chi connectivity index (χ4n) is 3.06. The van der Waals surface area contributed by atoms with Crippen molar-refractivity contribution in [3.63, 3.8) is 0 Å². The minimum Gasteiger partial charge on any atom is -0.383 e. The summed E-state index contributed by atoms with van der Waals surface area (Å²) in [6.45, 7) is 3.06. The van der Waals surface area contributed by atoms with Gasteiger partial charge in [-0.1, -0.05) is 41.9 Å². The number of hydrogen-bond donors (Lipinski definition) is 1. The van der Waals surface area contributed by atoms with Crippen molar-refractivity contribution >= 4 is 17.4 Å². The molecule has 128 valence electrons. The number of benzene rings is 1. The number of methoxy groups -OCH3 is 1. The van der Waals surface area contributed by atoms with E-state index in [4.69, 9.17) is 16.3 Å². The van der Waals surface area contributed by atoms with Gasteiger partial charge in [0.1, 0.15) is 5.82 Å². The first-order valence-electron chi connectivity index (χ1n) is 8.29. The summed E-state index contributed by atoms with van der Waals surface area (Å²) in [7, 11) is 1.73. The molecule has 0 amide bonds. The summed E-state index contributed by atoms with van der Waals surface area (Å²) in [5.41, 5.74) is 2.01. The Morgan fingerprint density at radius 1 is 1.29 bits per heavy atom. The Kier molecular flexibility index (Phi) is 6.01. The third-order valence-electron chi connectivity index (χ3n) is 4.28. The monoisotopic (exact) mass is 346 g/mol. The summed E-state index contributed by atoms with van der Waals surface area (Å²) < 4.78 is 5.29. The van der Waals surface area contributed by atoms with Crippen molar-refractivity contribution in [3.05, 3.63) is 52.9 Å². The van der Waals surface area contributed by atoms with Crippen LogP contribution in [-0.4, -0.2) is 36.3 Å². The van der Waals surface area contributed by atoms with Gasteiger partial charge in [-0.25, -0.2) is 4.98 Å². The Bertz CT molecular complexity index is 653. The van der Waals surface area contributed by atoms with Gasteiger partial charge in [0.05, 0.1) is 24.5 Å². The van der Waals surface area contributed by atoms with E-state index in [1.54, 1.807) is 7.11 Å². The molecule has 3 rings (SSSR count). The van der Waals surface area contributed by atoms with E-state index in [0.717, 1.165) is 37.4 Å². The molecule has 0 radical (unpaired) electrons. The Morgan fingerprint density at radius 2 is 2.12 bits per heavy atom. The lowest BCUT2D eigenvalue weighted by molar-refractivity contribution is 0.180. The predicted molar refractivity (Wildman–Crippen MR) is 96.3 cm³/mol. The molecule has 0 bridgehead atoms. The lowest BCUT2D eigenvalue weighted by atomic mass is 10.2. The summed E-state index contributed by atoms with van der Waals surface area (Å²) in [6.07, 6.45) is 4.08. The van der Waals surface area contributed by atoms with Gasteiger partial charge in [-0.05, 0) is 18.4 Å². The van der Waals surface area contributed by atoms with Crippen LogP contribution in [0.1, 0.15) is 24.1 Å². The molecule has 2 heterocycles. The van der Waals surface area contributed by atoms with E-state index < -0.39 is 0 Å². The minimum atomic E-state index is 0.363. The van der Waals surface area contributed by atoms with Gasteiger partial charge >= 0.3 is 0 Å². The second-order valence-corrected chi connectivity index (χ2v) is 6.36. The van der Waals surface area contributed by atoms with E-state index in [-0.39, 0.29) is 0 Å². The van der Waals surface area contributed by atoms with Gasteiger partial charge in [-0.2, -0.15) is 0 Å². The molecule has 1 saturated heterocycles. The van der Waals surface area contributed by atoms with Crippen LogP contribution in [0.25, 0.3) is 0 Å². The molecule has 1 N–H and O–H groups in total. The van der Waals surface area contributed by atoms with Gasteiger partial charge in [-0.15, -0.1) is 0 Å². The molecule has 1 aliphatic rings. The average Bonchev–Trinajstić information content (AvgIpc) is 3.06. The molecule has 5 nitrogen and oxygen atoms in total. The molecule has 1 fully saturated rings. The highest BCUT2D eigenvalue weighted by Crippen LogP contribution is 2.25. The number of nitrogens with zero attached hydrogens (tertiary/aromatic N) is 3. The summed E-state index contributed by atoms with van der Waals surface area (Å²) in [4.78, 5) is 11.3. The molecule has 1 atom stereocenters. The van der Waals surface area contributed by atoms with Crippen LogP contribution in [-0.2, 0) is 17.8 Å². The quantitative estimate of drug-likeness (QED) is 0.835. The van der Waals surface area contributed by atoms with Crippen molar-refractivity contribution in [1.82, 2.24) is 15.3 Å². The van der Waals surface area contributed by atoms with Crippen LogP contribution < -0.4 is 10.2 Å². The maximum Gasteiger partial charge on any atom is 0.154 e. The van der Waals surface area contributed by atoms with Crippen molar-refractivity contribution in [2.24, 2.45) is 0 Å². The van der Waals surface area contributed by atoms with Crippen molar-refractivity contribution < 1.29 is 4.74 Å². The number of hydrogen-bond acceptors (Lipinski definition) is 5. The van der Waals surface area contributed by atoms with Crippen molar-refractivity contribution in [1.29, 1.82) is 0 Å². The normalized spacial score (nSPS) is 17.4. The number of ether oxygens (including phenoxy) is 1. The van der Waals surface area contributed by atoms with E-state index in [0.29, 0.717) is 24.3 Å². The van der Waals surface area contributed by atoms with Gasteiger partial charge in [-0.3, -0.25) is 4.98 Å². The van der Waals surface area contributed by atoms with Crippen LogP contribution in [0, 0.1) is 0 Å². The first-order valence-corrected chi connectivity index (χ1v) is 8.67. The third kappa shape index (κ3) is 4.23. The van der Waals surface area contributed by atoms with Gasteiger partial charge < -0.3 is 15.0 Å². The second kappa shape index (κ2) is 8.42. The Morgan fingerprint density at radius 3 is 2.88 bits per heavy atom. The minimum absolute atomic E-state index is 0.363. The topological polar surface area (TPSA) is 50.3 Å². The van der Waals surface area contributed by atoms with Crippen molar-refractivity contribution in [2.75, 3.05) is 25.2 Å². The van der Waals surface area contributed by atoms with Crippen LogP contribution in [0.2, 0.25) is 5.15 Å². The molecule has 1 aliphatic heterocycles. The molecule has 1 aromatic heterocycles. The molecule has 2 aromatic rings. The van der Waals surface area contributed by atoms with Crippen LogP contribution in [0.15, 0.2) is 36.5 Å². The van der Waals surface area contributed by atoms with Gasteiger partial charge in [0.15, 0.2) is 5.15 Å². The molecule has 0 saturated carbocycles. The Hall–Kier alpha value is -1.69. The molecule has 6 heteroatoms. The fourth-order valence-corrected chi connectivity index (χ4v) is 3.27. The highest BCUT2D eigenvalue weighted by atomic mass is 35.5. The van der Waals surface area contributed by atoms with E-state index in [2.05, 4.69) is 32.3 Å². The Balaban J connectivity index is 1.60. The number of aromatic nitrogens is 2. The first kappa shape index (κ1) is 17.1. The van der Waals surface area contributed by atoms with E-state index in [1.807, 2.05) is 24.4 Å². The SMILES string of the molecule is COCC1CCCN1c1cnc(CNCc2ccccc2)c(Cl)n1. The lowest BCUT2D eigenvalue weighted by Crippen LogP contribution is -2.33. The number of nitrogens with one attached hydrogen (secondary N) is 1. The van der Waals surface area contributed by atoms with Crippen LogP contribution in [0.4, 0.5) is 5.82 Å². The summed E-state index contributed by atoms with van der Waals surface area (Å²) >= 11 is 6.34. The zero-order valence-electron chi connectivity index (χ0n) is 13.9. The molecule has 24 heavy (non-hydrogen) atoms. The molecular weight excluding hydrogens is 324 g/mol.